The molecule has 0 aliphatic heterocycles. The van der Waals surface area contributed by atoms with Gasteiger partial charge in [0.05, 0.1) is 11.0 Å². The molecule has 1 aromatic rings. The summed E-state index contributed by atoms with van der Waals surface area (Å²) in [4.78, 5) is 11.4. The van der Waals surface area contributed by atoms with Gasteiger partial charge in [0.1, 0.15) is 11.6 Å². The quantitative estimate of drug-likeness (QED) is 0.730. The van der Waals surface area contributed by atoms with Crippen molar-refractivity contribution in [3.8, 4) is 0 Å². The number of hydrogen-bond acceptors (Lipinski definition) is 1. The number of Topliss-reactive ketones (excluding diaryl/α,β-unsaturated/α-hetero) is 1. The van der Waals surface area contributed by atoms with Gasteiger partial charge in [0.15, 0.2) is 0 Å². The van der Waals surface area contributed by atoms with Crippen LogP contribution in [0, 0.1) is 5.82 Å². The van der Waals surface area contributed by atoms with Crippen molar-refractivity contribution in [2.75, 3.05) is 0 Å². The molecule has 92 valence electrons. The van der Waals surface area contributed by atoms with Crippen LogP contribution in [0.4, 0.5) is 17.6 Å². The van der Waals surface area contributed by atoms with Crippen LogP contribution in [0.5, 0.6) is 0 Å². The summed E-state index contributed by atoms with van der Waals surface area (Å²) < 4.78 is 50.6. The molecule has 1 aliphatic rings. The lowest BCUT2D eigenvalue weighted by Gasteiger charge is -2.15. The summed E-state index contributed by atoms with van der Waals surface area (Å²) in [5.41, 5.74) is -1.85. The maximum Gasteiger partial charge on any atom is 0.419 e. The van der Waals surface area contributed by atoms with Crippen LogP contribution in [0.3, 0.4) is 0 Å². The molecule has 0 spiro atoms. The van der Waals surface area contributed by atoms with Crippen LogP contribution in [-0.4, -0.2) is 5.78 Å². The van der Waals surface area contributed by atoms with Gasteiger partial charge < -0.3 is 0 Å². The molecule has 2 rings (SSSR count). The maximum absolute atomic E-state index is 13.1. The summed E-state index contributed by atoms with van der Waals surface area (Å²) in [7, 11) is 0. The highest BCUT2D eigenvalue weighted by molar-refractivity contribution is 5.91. The fourth-order valence-electron chi connectivity index (χ4n) is 2.01. The van der Waals surface area contributed by atoms with Gasteiger partial charge in [0, 0.05) is 0 Å². The Balaban J connectivity index is 2.49. The molecule has 0 heterocycles. The number of alkyl halides is 3. The van der Waals surface area contributed by atoms with Crippen LogP contribution >= 0.6 is 0 Å². The lowest BCUT2D eigenvalue weighted by atomic mass is 9.90. The normalized spacial score (nSPS) is 17.9. The third-order valence-electron chi connectivity index (χ3n) is 3.25. The second-order valence-electron chi connectivity index (χ2n) is 4.33. The minimum Gasteiger partial charge on any atom is -0.299 e. The third-order valence-corrected chi connectivity index (χ3v) is 3.25. The summed E-state index contributed by atoms with van der Waals surface area (Å²) >= 11 is 0. The van der Waals surface area contributed by atoms with Gasteiger partial charge in [-0.15, -0.1) is 0 Å². The predicted octanol–water partition coefficient (Wildman–Crippen LogP) is 3.47. The van der Waals surface area contributed by atoms with Crippen molar-refractivity contribution in [3.63, 3.8) is 0 Å². The highest BCUT2D eigenvalue weighted by Gasteiger charge is 2.49. The molecule has 0 radical (unpaired) electrons. The third kappa shape index (κ3) is 1.94. The van der Waals surface area contributed by atoms with Crippen LogP contribution < -0.4 is 0 Å². The average Bonchev–Trinajstić information content (AvgIpc) is 2.97. The molecule has 0 saturated heterocycles. The Morgan fingerprint density at radius 3 is 2.29 bits per heavy atom. The van der Waals surface area contributed by atoms with E-state index in [4.69, 9.17) is 0 Å². The first-order valence-electron chi connectivity index (χ1n) is 5.16. The van der Waals surface area contributed by atoms with Crippen molar-refractivity contribution in [2.24, 2.45) is 0 Å². The molecular formula is C12H10F4O. The van der Waals surface area contributed by atoms with Crippen LogP contribution in [-0.2, 0) is 16.4 Å². The number of halogens is 4. The molecule has 0 N–H and O–H groups in total. The molecule has 1 nitrogen and oxygen atoms in total. The molecule has 0 atom stereocenters. The molecule has 0 aromatic heterocycles. The van der Waals surface area contributed by atoms with Gasteiger partial charge in [-0.2, -0.15) is 13.2 Å². The Kier molecular flexibility index (Phi) is 2.52. The smallest absolute Gasteiger partial charge is 0.299 e. The van der Waals surface area contributed by atoms with Crippen molar-refractivity contribution in [2.45, 2.75) is 31.4 Å². The Bertz CT molecular complexity index is 472. The SMILES string of the molecule is CC(=O)C1(c2ccc(F)c(C(F)(F)F)c2)CC1. The van der Waals surface area contributed by atoms with E-state index in [0.717, 1.165) is 12.1 Å². The molecule has 0 amide bonds. The van der Waals surface area contributed by atoms with Gasteiger partial charge in [-0.1, -0.05) is 6.07 Å². The van der Waals surface area contributed by atoms with Gasteiger partial charge in [-0.05, 0) is 37.5 Å². The second kappa shape index (κ2) is 3.55. The highest BCUT2D eigenvalue weighted by atomic mass is 19.4. The molecule has 0 unspecified atom stereocenters. The van der Waals surface area contributed by atoms with Crippen LogP contribution in [0.1, 0.15) is 30.9 Å². The fourth-order valence-corrected chi connectivity index (χ4v) is 2.01. The van der Waals surface area contributed by atoms with E-state index >= 15 is 0 Å². The van der Waals surface area contributed by atoms with E-state index in [1.54, 1.807) is 0 Å². The van der Waals surface area contributed by atoms with Crippen molar-refractivity contribution < 1.29 is 22.4 Å². The Labute approximate surface area is 95.4 Å². The Morgan fingerprint density at radius 2 is 1.88 bits per heavy atom. The predicted molar refractivity (Wildman–Crippen MR) is 53.0 cm³/mol. The summed E-state index contributed by atoms with van der Waals surface area (Å²) in [6.45, 7) is 1.35. The van der Waals surface area contributed by atoms with Gasteiger partial charge in [-0.25, -0.2) is 4.39 Å². The highest BCUT2D eigenvalue weighted by Crippen LogP contribution is 2.50. The summed E-state index contributed by atoms with van der Waals surface area (Å²) in [6, 6.07) is 2.80. The first-order chi connectivity index (χ1) is 7.77. The van der Waals surface area contributed by atoms with Gasteiger partial charge in [0.25, 0.3) is 0 Å². The topological polar surface area (TPSA) is 17.1 Å². The number of benzene rings is 1. The summed E-state index contributed by atoms with van der Waals surface area (Å²) in [5, 5.41) is 0. The van der Waals surface area contributed by atoms with Crippen LogP contribution in [0.15, 0.2) is 18.2 Å². The van der Waals surface area contributed by atoms with Crippen LogP contribution in [0.25, 0.3) is 0 Å². The fraction of sp³-hybridized carbons (Fsp3) is 0.417. The monoisotopic (exact) mass is 246 g/mol. The van der Waals surface area contributed by atoms with E-state index in [2.05, 4.69) is 0 Å². The molecule has 0 bridgehead atoms. The van der Waals surface area contributed by atoms with E-state index in [9.17, 15) is 22.4 Å². The molecule has 17 heavy (non-hydrogen) atoms. The number of rotatable bonds is 2. The van der Waals surface area contributed by atoms with Crippen molar-refractivity contribution in [1.29, 1.82) is 0 Å². The van der Waals surface area contributed by atoms with E-state index in [1.165, 1.54) is 13.0 Å². The summed E-state index contributed by atoms with van der Waals surface area (Å²) in [5.74, 6) is -1.47. The molecule has 1 saturated carbocycles. The Hall–Kier alpha value is -1.39. The van der Waals surface area contributed by atoms with E-state index < -0.39 is 23.0 Å². The first-order valence-corrected chi connectivity index (χ1v) is 5.16. The zero-order chi connectivity index (χ0) is 12.8. The number of hydrogen-bond donors (Lipinski definition) is 0. The molecule has 1 fully saturated rings. The molecule has 1 aliphatic carbocycles. The molecule has 1 aromatic carbocycles. The summed E-state index contributed by atoms with van der Waals surface area (Å²) in [6.07, 6.45) is -3.66. The minimum atomic E-state index is -4.73. The number of ketones is 1. The van der Waals surface area contributed by atoms with Crippen molar-refractivity contribution >= 4 is 5.78 Å². The second-order valence-corrected chi connectivity index (χ2v) is 4.33. The number of carbonyl (C=O) groups is 1. The van der Waals surface area contributed by atoms with Gasteiger partial charge in [0.2, 0.25) is 0 Å². The van der Waals surface area contributed by atoms with Gasteiger partial charge in [-0.3, -0.25) is 4.79 Å². The zero-order valence-electron chi connectivity index (χ0n) is 9.07. The Morgan fingerprint density at radius 1 is 1.29 bits per heavy atom. The molecular weight excluding hydrogens is 236 g/mol. The van der Waals surface area contributed by atoms with Crippen molar-refractivity contribution in [1.82, 2.24) is 0 Å². The van der Waals surface area contributed by atoms with Gasteiger partial charge >= 0.3 is 6.18 Å². The average molecular weight is 246 g/mol. The first kappa shape index (κ1) is 12.1. The lowest BCUT2D eigenvalue weighted by Crippen LogP contribution is -2.18. The maximum atomic E-state index is 13.1. The standard InChI is InChI=1S/C12H10F4O/c1-7(17)11(4-5-11)8-2-3-10(13)9(6-8)12(14,15)16/h2-3,6H,4-5H2,1H3. The minimum absolute atomic E-state index is 0.169. The zero-order valence-corrected chi connectivity index (χ0v) is 9.07. The van der Waals surface area contributed by atoms with E-state index in [0.29, 0.717) is 12.8 Å². The van der Waals surface area contributed by atoms with E-state index in [1.807, 2.05) is 0 Å². The van der Waals surface area contributed by atoms with Crippen LogP contribution in [0.2, 0.25) is 0 Å². The number of carbonyl (C=O) groups excluding carboxylic acids is 1. The van der Waals surface area contributed by atoms with Crippen molar-refractivity contribution in [3.05, 3.63) is 35.1 Å². The lowest BCUT2D eigenvalue weighted by molar-refractivity contribution is -0.140. The molecule has 5 heteroatoms. The van der Waals surface area contributed by atoms with E-state index in [-0.39, 0.29) is 11.3 Å². The largest absolute Gasteiger partial charge is 0.419 e.